The summed E-state index contributed by atoms with van der Waals surface area (Å²) in [6.45, 7) is 0.840. The monoisotopic (exact) mass is 237 g/mol. The van der Waals surface area contributed by atoms with E-state index >= 15 is 0 Å². The third-order valence-corrected chi connectivity index (χ3v) is 2.88. The van der Waals surface area contributed by atoms with E-state index in [0.717, 1.165) is 12.4 Å². The Kier molecular flexibility index (Phi) is 2.88. The number of rotatable bonds is 2. The topological polar surface area (TPSA) is 18.5 Å². The number of anilines is 1. The number of nitrogens with zero attached hydrogens (tertiary/aromatic N) is 2. The standard InChI is InChI=1S/C15H15N3/c1-2-7-15(8-3-1)18-11-10-17(13-18)12-14-6-4-5-9-16-14/h1-12,16H,13H2/b14-12-. The highest BCUT2D eigenvalue weighted by Gasteiger charge is 2.12. The Morgan fingerprint density at radius 1 is 1.06 bits per heavy atom. The van der Waals surface area contributed by atoms with Crippen molar-refractivity contribution in [2.24, 2.45) is 0 Å². The Bertz CT molecular complexity index is 526. The van der Waals surface area contributed by atoms with E-state index in [1.807, 2.05) is 24.4 Å². The molecule has 1 aromatic rings. The molecule has 0 aliphatic carbocycles. The fourth-order valence-corrected chi connectivity index (χ4v) is 1.97. The Hall–Kier alpha value is -2.42. The average Bonchev–Trinajstić information content (AvgIpc) is 2.89. The van der Waals surface area contributed by atoms with Crippen LogP contribution in [0.3, 0.4) is 0 Å². The molecule has 0 aromatic heterocycles. The summed E-state index contributed by atoms with van der Waals surface area (Å²) in [6.07, 6.45) is 14.3. The molecule has 0 atom stereocenters. The van der Waals surface area contributed by atoms with Gasteiger partial charge in [0.05, 0.1) is 12.4 Å². The summed E-state index contributed by atoms with van der Waals surface area (Å²) in [5, 5.41) is 3.20. The van der Waals surface area contributed by atoms with Crippen molar-refractivity contribution < 1.29 is 0 Å². The van der Waals surface area contributed by atoms with Crippen LogP contribution in [0, 0.1) is 0 Å². The first-order chi connectivity index (χ1) is 8.92. The second kappa shape index (κ2) is 4.84. The van der Waals surface area contributed by atoms with E-state index < -0.39 is 0 Å². The smallest absolute Gasteiger partial charge is 0.0984 e. The van der Waals surface area contributed by atoms with Gasteiger partial charge in [0.25, 0.3) is 0 Å². The van der Waals surface area contributed by atoms with Crippen molar-refractivity contribution in [3.63, 3.8) is 0 Å². The molecule has 0 spiro atoms. The number of hydrogen-bond acceptors (Lipinski definition) is 3. The molecule has 3 nitrogen and oxygen atoms in total. The molecule has 0 radical (unpaired) electrons. The van der Waals surface area contributed by atoms with Gasteiger partial charge >= 0.3 is 0 Å². The third kappa shape index (κ3) is 2.30. The van der Waals surface area contributed by atoms with Gasteiger partial charge in [-0.05, 0) is 24.3 Å². The van der Waals surface area contributed by atoms with Gasteiger partial charge in [-0.2, -0.15) is 0 Å². The second-order valence-corrected chi connectivity index (χ2v) is 4.21. The summed E-state index contributed by atoms with van der Waals surface area (Å²) in [4.78, 5) is 4.36. The minimum Gasteiger partial charge on any atom is -0.361 e. The van der Waals surface area contributed by atoms with Gasteiger partial charge in [-0.15, -0.1) is 0 Å². The highest BCUT2D eigenvalue weighted by atomic mass is 15.3. The fraction of sp³-hybridized carbons (Fsp3) is 0.0667. The van der Waals surface area contributed by atoms with Crippen molar-refractivity contribution >= 4 is 5.69 Å². The molecule has 90 valence electrons. The zero-order chi connectivity index (χ0) is 12.2. The summed E-state index contributed by atoms with van der Waals surface area (Å²) in [5.41, 5.74) is 2.30. The molecular weight excluding hydrogens is 222 g/mol. The molecule has 0 saturated carbocycles. The van der Waals surface area contributed by atoms with E-state index in [1.54, 1.807) is 0 Å². The molecule has 1 N–H and O–H groups in total. The number of para-hydroxylation sites is 1. The van der Waals surface area contributed by atoms with Crippen LogP contribution in [0.2, 0.25) is 0 Å². The first-order valence-electron chi connectivity index (χ1n) is 5.99. The first kappa shape index (κ1) is 10.7. The van der Waals surface area contributed by atoms with Gasteiger partial charge in [0.2, 0.25) is 0 Å². The normalized spacial score (nSPS) is 19.7. The Labute approximate surface area is 107 Å². The quantitative estimate of drug-likeness (QED) is 0.853. The number of hydrogen-bond donors (Lipinski definition) is 1. The lowest BCUT2D eigenvalue weighted by Crippen LogP contribution is -2.22. The number of dihydropyridines is 1. The summed E-state index contributed by atoms with van der Waals surface area (Å²) in [6, 6.07) is 10.4. The van der Waals surface area contributed by atoms with Crippen LogP contribution >= 0.6 is 0 Å². The Balaban J connectivity index is 1.68. The molecule has 2 aliphatic rings. The predicted molar refractivity (Wildman–Crippen MR) is 74.3 cm³/mol. The lowest BCUT2D eigenvalue weighted by atomic mass is 10.3. The molecule has 2 aliphatic heterocycles. The fourth-order valence-electron chi connectivity index (χ4n) is 1.97. The maximum absolute atomic E-state index is 3.20. The Morgan fingerprint density at radius 2 is 1.94 bits per heavy atom. The molecule has 3 heteroatoms. The molecule has 1 aromatic carbocycles. The summed E-state index contributed by atoms with van der Waals surface area (Å²) >= 11 is 0. The number of benzene rings is 1. The molecule has 0 amide bonds. The van der Waals surface area contributed by atoms with Gasteiger partial charge in [-0.3, -0.25) is 0 Å². The van der Waals surface area contributed by atoms with Gasteiger partial charge < -0.3 is 15.1 Å². The average molecular weight is 237 g/mol. The minimum absolute atomic E-state index is 0.840. The first-order valence-corrected chi connectivity index (χ1v) is 5.99. The largest absolute Gasteiger partial charge is 0.361 e. The van der Waals surface area contributed by atoms with Crippen molar-refractivity contribution in [2.75, 3.05) is 11.6 Å². The van der Waals surface area contributed by atoms with Gasteiger partial charge in [-0.1, -0.05) is 24.3 Å². The zero-order valence-electron chi connectivity index (χ0n) is 10.0. The van der Waals surface area contributed by atoms with Crippen molar-refractivity contribution in [3.8, 4) is 0 Å². The SMILES string of the molecule is C1=CN/C(=C\N2C=CN(c3ccccc3)C2)C=C1. The van der Waals surface area contributed by atoms with Crippen LogP contribution < -0.4 is 10.2 Å². The van der Waals surface area contributed by atoms with E-state index in [0.29, 0.717) is 0 Å². The van der Waals surface area contributed by atoms with E-state index in [2.05, 4.69) is 64.1 Å². The highest BCUT2D eigenvalue weighted by Crippen LogP contribution is 2.19. The van der Waals surface area contributed by atoms with Crippen LogP contribution in [0.1, 0.15) is 0 Å². The zero-order valence-corrected chi connectivity index (χ0v) is 10.0. The maximum Gasteiger partial charge on any atom is 0.0984 e. The van der Waals surface area contributed by atoms with Crippen molar-refractivity contribution in [3.05, 3.63) is 79.1 Å². The van der Waals surface area contributed by atoms with Crippen LogP contribution in [0.15, 0.2) is 79.1 Å². The van der Waals surface area contributed by atoms with Crippen LogP contribution in [0.25, 0.3) is 0 Å². The van der Waals surface area contributed by atoms with Crippen molar-refractivity contribution in [1.29, 1.82) is 0 Å². The summed E-state index contributed by atoms with van der Waals surface area (Å²) in [5.74, 6) is 0. The molecule has 0 fully saturated rings. The van der Waals surface area contributed by atoms with Crippen LogP contribution in [0.5, 0.6) is 0 Å². The van der Waals surface area contributed by atoms with Crippen molar-refractivity contribution in [2.45, 2.75) is 0 Å². The van der Waals surface area contributed by atoms with Gasteiger partial charge in [-0.25, -0.2) is 0 Å². The molecule has 0 bridgehead atoms. The van der Waals surface area contributed by atoms with E-state index in [9.17, 15) is 0 Å². The predicted octanol–water partition coefficient (Wildman–Crippen LogP) is 2.75. The number of allylic oxidation sites excluding steroid dienone is 3. The highest BCUT2D eigenvalue weighted by molar-refractivity contribution is 5.50. The van der Waals surface area contributed by atoms with Gasteiger partial charge in [0, 0.05) is 30.5 Å². The van der Waals surface area contributed by atoms with Crippen LogP contribution in [-0.4, -0.2) is 11.6 Å². The van der Waals surface area contributed by atoms with E-state index in [1.165, 1.54) is 5.69 Å². The molecule has 0 unspecified atom stereocenters. The van der Waals surface area contributed by atoms with Crippen LogP contribution in [0.4, 0.5) is 5.69 Å². The summed E-state index contributed by atoms with van der Waals surface area (Å²) < 4.78 is 0. The van der Waals surface area contributed by atoms with E-state index in [4.69, 9.17) is 0 Å². The van der Waals surface area contributed by atoms with Crippen molar-refractivity contribution in [1.82, 2.24) is 10.2 Å². The molecule has 3 rings (SSSR count). The maximum atomic E-state index is 3.20. The second-order valence-electron chi connectivity index (χ2n) is 4.21. The molecule has 0 saturated heterocycles. The molecule has 18 heavy (non-hydrogen) atoms. The van der Waals surface area contributed by atoms with Gasteiger partial charge in [0.15, 0.2) is 0 Å². The molecular formula is C15H15N3. The minimum atomic E-state index is 0.840. The Morgan fingerprint density at radius 3 is 2.72 bits per heavy atom. The van der Waals surface area contributed by atoms with Crippen LogP contribution in [-0.2, 0) is 0 Å². The number of nitrogens with one attached hydrogen (secondary N) is 1. The van der Waals surface area contributed by atoms with Gasteiger partial charge in [0.1, 0.15) is 0 Å². The molecule has 2 heterocycles. The lowest BCUT2D eigenvalue weighted by Gasteiger charge is -2.19. The summed E-state index contributed by atoms with van der Waals surface area (Å²) in [7, 11) is 0. The van der Waals surface area contributed by atoms with E-state index in [-0.39, 0.29) is 0 Å². The lowest BCUT2D eigenvalue weighted by molar-refractivity contribution is 0.542. The third-order valence-electron chi connectivity index (χ3n) is 2.88.